The van der Waals surface area contributed by atoms with Crippen molar-refractivity contribution in [3.63, 3.8) is 0 Å². The van der Waals surface area contributed by atoms with Gasteiger partial charge in [0, 0.05) is 23.0 Å². The molecular weight excluding hydrogens is 589 g/mol. The topological polar surface area (TPSA) is 84.6 Å². The number of halogens is 3. The van der Waals surface area contributed by atoms with Crippen molar-refractivity contribution >= 4 is 28.6 Å². The molecule has 1 aliphatic heterocycles. The van der Waals surface area contributed by atoms with Crippen LogP contribution in [0.1, 0.15) is 43.9 Å². The van der Waals surface area contributed by atoms with Crippen LogP contribution in [-0.4, -0.2) is 44.1 Å². The van der Waals surface area contributed by atoms with Gasteiger partial charge in [-0.2, -0.15) is 4.99 Å². The molecule has 12 heteroatoms. The summed E-state index contributed by atoms with van der Waals surface area (Å²) in [4.78, 5) is 24.3. The molecule has 8 nitrogen and oxygen atoms in total. The maximum Gasteiger partial charge on any atom is 0.573 e. The van der Waals surface area contributed by atoms with Crippen LogP contribution in [0.4, 0.5) is 23.7 Å². The first kappa shape index (κ1) is 31.1. The maximum atomic E-state index is 13.2. The number of hydrogen-bond donors (Lipinski definition) is 1. The van der Waals surface area contributed by atoms with Crippen molar-refractivity contribution < 1.29 is 22.7 Å². The second kappa shape index (κ2) is 12.4. The molecule has 1 N–H and O–H groups in total. The molecule has 4 aromatic rings. The molecule has 1 unspecified atom stereocenters. The Kier molecular flexibility index (Phi) is 8.73. The number of amides is 2. The molecule has 3 aromatic carbocycles. The van der Waals surface area contributed by atoms with Gasteiger partial charge in [-0.05, 0) is 82.0 Å². The number of aromatic nitrogens is 3. The van der Waals surface area contributed by atoms with Crippen LogP contribution in [-0.2, 0) is 5.54 Å². The predicted octanol–water partition coefficient (Wildman–Crippen LogP) is 7.78. The van der Waals surface area contributed by atoms with Gasteiger partial charge < -0.3 is 15.0 Å². The summed E-state index contributed by atoms with van der Waals surface area (Å²) in [7, 11) is 0. The van der Waals surface area contributed by atoms with E-state index in [4.69, 9.17) is 0 Å². The Bertz CT molecular complexity index is 1650. The number of hydrogen-bond acceptors (Lipinski definition) is 5. The Morgan fingerprint density at radius 1 is 1.02 bits per heavy atom. The fourth-order valence-electron chi connectivity index (χ4n) is 5.11. The van der Waals surface area contributed by atoms with Gasteiger partial charge >= 0.3 is 12.4 Å². The van der Waals surface area contributed by atoms with Crippen LogP contribution >= 0.6 is 11.8 Å². The fourth-order valence-corrected chi connectivity index (χ4v) is 6.31. The lowest BCUT2D eigenvalue weighted by Crippen LogP contribution is -2.44. The SMILES string of the molecule is Cc1cccc(C)c1N1/C(=N/C(=O)NC(C)(C)c2ccc(-c3ncn(-c4ccc(OC(F)(F)F)cc4)n3)cc2)SCCC1C. The smallest absolute Gasteiger partial charge is 0.406 e. The first-order valence-corrected chi connectivity index (χ1v) is 15.1. The first-order valence-electron chi connectivity index (χ1n) is 14.1. The number of urea groups is 1. The highest BCUT2D eigenvalue weighted by molar-refractivity contribution is 8.14. The van der Waals surface area contributed by atoms with Crippen LogP contribution in [0.5, 0.6) is 5.75 Å². The van der Waals surface area contributed by atoms with Crippen molar-refractivity contribution in [1.29, 1.82) is 0 Å². The number of alkyl halides is 3. The van der Waals surface area contributed by atoms with Crippen molar-refractivity contribution in [1.82, 2.24) is 20.1 Å². The predicted molar refractivity (Wildman–Crippen MR) is 167 cm³/mol. The van der Waals surface area contributed by atoms with Crippen LogP contribution in [0, 0.1) is 13.8 Å². The number of anilines is 1. The van der Waals surface area contributed by atoms with E-state index in [1.54, 1.807) is 11.8 Å². The largest absolute Gasteiger partial charge is 0.573 e. The summed E-state index contributed by atoms with van der Waals surface area (Å²) in [5, 5.41) is 8.20. The molecule has 2 amide bonds. The molecule has 230 valence electrons. The standard InChI is InChI=1S/C32H33F3N6O2S/c1-20-7-6-8-21(2)27(20)41-22(3)17-18-44-30(41)37-29(42)38-31(4,5)24-11-9-23(10-12-24)28-36-19-40(39-28)25-13-15-26(16-14-25)43-32(33,34)35/h6-16,19,22H,17-18H2,1-5H3,(H,38,42)/b37-30-. The summed E-state index contributed by atoms with van der Waals surface area (Å²) in [5.41, 5.74) is 4.79. The third-order valence-electron chi connectivity index (χ3n) is 7.40. The first-order chi connectivity index (χ1) is 20.8. The van der Waals surface area contributed by atoms with Gasteiger partial charge in [0.2, 0.25) is 0 Å². The zero-order valence-corrected chi connectivity index (χ0v) is 25.8. The van der Waals surface area contributed by atoms with Crippen LogP contribution in [0.3, 0.4) is 0 Å². The Morgan fingerprint density at radius 3 is 2.32 bits per heavy atom. The second-order valence-electron chi connectivity index (χ2n) is 11.2. The Labute approximate surface area is 258 Å². The fraction of sp³-hybridized carbons (Fsp3) is 0.312. The van der Waals surface area contributed by atoms with Gasteiger partial charge in [-0.1, -0.05) is 54.2 Å². The molecule has 0 bridgehead atoms. The molecule has 0 saturated carbocycles. The third-order valence-corrected chi connectivity index (χ3v) is 8.39. The molecule has 0 aliphatic carbocycles. The monoisotopic (exact) mass is 622 g/mol. The molecule has 1 aliphatic rings. The normalized spacial score (nSPS) is 16.7. The highest BCUT2D eigenvalue weighted by Gasteiger charge is 2.31. The number of nitrogens with one attached hydrogen (secondary N) is 1. The van der Waals surface area contributed by atoms with Gasteiger partial charge in [-0.3, -0.25) is 0 Å². The van der Waals surface area contributed by atoms with Gasteiger partial charge in [0.05, 0.1) is 11.2 Å². The summed E-state index contributed by atoms with van der Waals surface area (Å²) >= 11 is 1.59. The van der Waals surface area contributed by atoms with Crippen LogP contribution in [0.2, 0.25) is 0 Å². The number of rotatable bonds is 6. The number of ether oxygens (including phenoxy) is 1. The highest BCUT2D eigenvalue weighted by atomic mass is 32.2. The van der Waals surface area contributed by atoms with Gasteiger partial charge in [0.15, 0.2) is 11.0 Å². The molecule has 1 fully saturated rings. The van der Waals surface area contributed by atoms with E-state index in [-0.39, 0.29) is 11.8 Å². The third kappa shape index (κ3) is 7.07. The molecule has 1 aromatic heterocycles. The molecule has 5 rings (SSSR count). The molecule has 44 heavy (non-hydrogen) atoms. The Morgan fingerprint density at radius 2 is 1.68 bits per heavy atom. The summed E-state index contributed by atoms with van der Waals surface area (Å²) in [6, 6.07) is 18.9. The number of aliphatic imine (C=N–C) groups is 1. The zero-order valence-electron chi connectivity index (χ0n) is 25.0. The lowest BCUT2D eigenvalue weighted by molar-refractivity contribution is -0.274. The highest BCUT2D eigenvalue weighted by Crippen LogP contribution is 2.34. The number of amidine groups is 1. The van der Waals surface area contributed by atoms with Crippen molar-refractivity contribution in [2.75, 3.05) is 10.7 Å². The van der Waals surface area contributed by atoms with Gasteiger partial charge in [0.1, 0.15) is 12.1 Å². The van der Waals surface area contributed by atoms with Gasteiger partial charge in [-0.15, -0.1) is 18.3 Å². The lowest BCUT2D eigenvalue weighted by Gasteiger charge is -2.37. The molecule has 0 spiro atoms. The van der Waals surface area contributed by atoms with E-state index in [9.17, 15) is 18.0 Å². The van der Waals surface area contributed by atoms with Crippen molar-refractivity contribution in [2.24, 2.45) is 4.99 Å². The van der Waals surface area contributed by atoms with E-state index in [2.05, 4.69) is 62.9 Å². The molecular formula is C32H33F3N6O2S. The summed E-state index contributed by atoms with van der Waals surface area (Å²) < 4.78 is 42.7. The number of thioether (sulfide) groups is 1. The van der Waals surface area contributed by atoms with Gasteiger partial charge in [0.25, 0.3) is 0 Å². The van der Waals surface area contributed by atoms with E-state index in [1.165, 1.54) is 35.3 Å². The minimum atomic E-state index is -4.76. The molecule has 1 saturated heterocycles. The van der Waals surface area contributed by atoms with Crippen molar-refractivity contribution in [2.45, 2.75) is 59.0 Å². The lowest BCUT2D eigenvalue weighted by atomic mass is 9.93. The Hall–Kier alpha value is -4.32. The van der Waals surface area contributed by atoms with Gasteiger partial charge in [-0.25, -0.2) is 14.5 Å². The average molecular weight is 623 g/mol. The van der Waals surface area contributed by atoms with Crippen molar-refractivity contribution in [3.05, 3.63) is 89.7 Å². The minimum absolute atomic E-state index is 0.211. The van der Waals surface area contributed by atoms with E-state index in [0.717, 1.165) is 40.1 Å². The van der Waals surface area contributed by atoms with Crippen LogP contribution in [0.25, 0.3) is 17.1 Å². The number of carbonyl (C=O) groups excluding carboxylic acids is 1. The number of nitrogens with zero attached hydrogens (tertiary/aromatic N) is 5. The summed E-state index contributed by atoms with van der Waals surface area (Å²) in [6.45, 7) is 10.1. The van der Waals surface area contributed by atoms with Crippen molar-refractivity contribution in [3.8, 4) is 22.8 Å². The van der Waals surface area contributed by atoms with E-state index >= 15 is 0 Å². The number of carbonyl (C=O) groups is 1. The van der Waals surface area contributed by atoms with E-state index in [0.29, 0.717) is 16.7 Å². The quantitative estimate of drug-likeness (QED) is 0.236. The summed E-state index contributed by atoms with van der Waals surface area (Å²) in [5.74, 6) is 1.01. The Balaban J connectivity index is 1.29. The molecule has 1 atom stereocenters. The number of para-hydroxylation sites is 1. The average Bonchev–Trinajstić information content (AvgIpc) is 3.44. The second-order valence-corrected chi connectivity index (χ2v) is 12.2. The van der Waals surface area contributed by atoms with E-state index < -0.39 is 17.9 Å². The number of aryl methyl sites for hydroxylation is 2. The molecule has 2 heterocycles. The molecule has 0 radical (unpaired) electrons. The maximum absolute atomic E-state index is 13.2. The minimum Gasteiger partial charge on any atom is -0.406 e. The summed E-state index contributed by atoms with van der Waals surface area (Å²) in [6.07, 6.45) is -2.28. The number of benzene rings is 3. The van der Waals surface area contributed by atoms with Crippen LogP contribution in [0.15, 0.2) is 78.0 Å². The van der Waals surface area contributed by atoms with Crippen LogP contribution < -0.4 is 15.0 Å². The zero-order chi connectivity index (χ0) is 31.6. The van der Waals surface area contributed by atoms with E-state index in [1.807, 2.05) is 44.2 Å².